The zero-order valence-electron chi connectivity index (χ0n) is 13.3. The van der Waals surface area contributed by atoms with Crippen molar-refractivity contribution in [2.24, 2.45) is 0 Å². The third-order valence-corrected chi connectivity index (χ3v) is 3.46. The van der Waals surface area contributed by atoms with Gasteiger partial charge in [-0.1, -0.05) is 0 Å². The molecule has 7 nitrogen and oxygen atoms in total. The molecule has 1 aromatic carbocycles. The van der Waals surface area contributed by atoms with Crippen LogP contribution in [0.5, 0.6) is 0 Å². The van der Waals surface area contributed by atoms with Crippen molar-refractivity contribution in [1.29, 1.82) is 0 Å². The Labute approximate surface area is 133 Å². The highest BCUT2D eigenvalue weighted by Crippen LogP contribution is 2.25. The zero-order chi connectivity index (χ0) is 17.4. The normalized spacial score (nSPS) is 14.1. The van der Waals surface area contributed by atoms with Crippen molar-refractivity contribution in [3.63, 3.8) is 0 Å². The summed E-state index contributed by atoms with van der Waals surface area (Å²) in [5.41, 5.74) is 0.248. The molecule has 2 rings (SSSR count). The summed E-state index contributed by atoms with van der Waals surface area (Å²) in [6.07, 6.45) is -0.0169. The highest BCUT2D eigenvalue weighted by atomic mass is 16.6. The fourth-order valence-electron chi connectivity index (χ4n) is 2.45. The molecule has 23 heavy (non-hydrogen) atoms. The third kappa shape index (κ3) is 3.80. The van der Waals surface area contributed by atoms with Crippen LogP contribution in [0.3, 0.4) is 0 Å². The van der Waals surface area contributed by atoms with Gasteiger partial charge >= 0.3 is 18.0 Å². The molecule has 1 aromatic rings. The Morgan fingerprint density at radius 1 is 1.04 bits per heavy atom. The molecular weight excluding hydrogens is 302 g/mol. The number of benzene rings is 1. The first-order valence-electron chi connectivity index (χ1n) is 7.19. The van der Waals surface area contributed by atoms with Gasteiger partial charge in [-0.05, 0) is 50.5 Å². The summed E-state index contributed by atoms with van der Waals surface area (Å²) in [7, 11) is 0. The van der Waals surface area contributed by atoms with E-state index < -0.39 is 23.6 Å². The number of hydrogen-bond donors (Lipinski definition) is 2. The van der Waals surface area contributed by atoms with Crippen LogP contribution >= 0.6 is 0 Å². The Morgan fingerprint density at radius 3 is 2.04 bits per heavy atom. The van der Waals surface area contributed by atoms with Crippen molar-refractivity contribution in [2.75, 3.05) is 6.54 Å². The van der Waals surface area contributed by atoms with Gasteiger partial charge < -0.3 is 19.8 Å². The van der Waals surface area contributed by atoms with Crippen LogP contribution in [0.4, 0.5) is 4.79 Å². The minimum Gasteiger partial charge on any atom is -0.478 e. The fraction of sp³-hybridized carbons (Fsp3) is 0.438. The first-order valence-corrected chi connectivity index (χ1v) is 7.19. The molecule has 0 atom stereocenters. The Balaban J connectivity index is 2.30. The first-order chi connectivity index (χ1) is 10.6. The molecule has 2 N–H and O–H groups in total. The van der Waals surface area contributed by atoms with E-state index in [9.17, 15) is 19.5 Å². The number of carboxylic acid groups (broad SMARTS) is 2. The number of amides is 1. The van der Waals surface area contributed by atoms with E-state index >= 15 is 0 Å². The Kier molecular flexibility index (Phi) is 4.31. The number of fused-ring (bicyclic) bond motifs is 1. The maximum absolute atomic E-state index is 12.1. The van der Waals surface area contributed by atoms with Crippen LogP contribution in [0.15, 0.2) is 12.1 Å². The smallest absolute Gasteiger partial charge is 0.410 e. The molecule has 0 aromatic heterocycles. The van der Waals surface area contributed by atoms with Crippen LogP contribution < -0.4 is 0 Å². The van der Waals surface area contributed by atoms with Crippen LogP contribution in [-0.4, -0.2) is 45.3 Å². The van der Waals surface area contributed by atoms with E-state index in [1.165, 1.54) is 17.0 Å². The minimum atomic E-state index is -1.31. The summed E-state index contributed by atoms with van der Waals surface area (Å²) >= 11 is 0. The van der Waals surface area contributed by atoms with E-state index in [1.54, 1.807) is 20.8 Å². The van der Waals surface area contributed by atoms with Crippen molar-refractivity contribution in [3.05, 3.63) is 34.4 Å². The van der Waals surface area contributed by atoms with Crippen LogP contribution in [0.25, 0.3) is 0 Å². The van der Waals surface area contributed by atoms with E-state index in [0.717, 1.165) is 5.56 Å². The van der Waals surface area contributed by atoms with Crippen LogP contribution in [0.1, 0.15) is 52.6 Å². The lowest BCUT2D eigenvalue weighted by atomic mass is 9.93. The largest absolute Gasteiger partial charge is 0.478 e. The average Bonchev–Trinajstić information content (AvgIpc) is 2.43. The number of carboxylic acids is 2. The zero-order valence-corrected chi connectivity index (χ0v) is 13.3. The molecule has 124 valence electrons. The standard InChI is InChI=1S/C16H19NO6/c1-16(2,3)23-15(22)17-5-4-9-6-11(13(18)19)12(14(20)21)7-10(9)8-17/h6-7H,4-5,8H2,1-3H3,(H,18,19)(H,20,21). The molecule has 0 saturated carbocycles. The Morgan fingerprint density at radius 2 is 1.57 bits per heavy atom. The number of aromatic carboxylic acids is 2. The van der Waals surface area contributed by atoms with E-state index in [0.29, 0.717) is 18.5 Å². The molecular formula is C16H19NO6. The lowest BCUT2D eigenvalue weighted by Crippen LogP contribution is -2.40. The molecule has 0 bridgehead atoms. The van der Waals surface area contributed by atoms with Gasteiger partial charge in [-0.15, -0.1) is 0 Å². The molecule has 0 unspecified atom stereocenters. The van der Waals surface area contributed by atoms with Crippen LogP contribution in [0, 0.1) is 0 Å². The van der Waals surface area contributed by atoms with Crippen molar-refractivity contribution >= 4 is 18.0 Å². The van der Waals surface area contributed by atoms with Crippen molar-refractivity contribution in [1.82, 2.24) is 4.90 Å². The molecule has 0 spiro atoms. The predicted octanol–water partition coefficient (Wildman–Crippen LogP) is 2.38. The van der Waals surface area contributed by atoms with Gasteiger partial charge in [0.2, 0.25) is 0 Å². The molecule has 0 radical (unpaired) electrons. The number of nitrogens with zero attached hydrogens (tertiary/aromatic N) is 1. The van der Waals surface area contributed by atoms with Crippen molar-refractivity contribution in [3.8, 4) is 0 Å². The van der Waals surface area contributed by atoms with Gasteiger partial charge in [0, 0.05) is 13.1 Å². The maximum Gasteiger partial charge on any atom is 0.410 e. The van der Waals surface area contributed by atoms with Gasteiger partial charge in [-0.3, -0.25) is 0 Å². The SMILES string of the molecule is CC(C)(C)OC(=O)N1CCc2cc(C(=O)O)c(C(=O)O)cc2C1. The lowest BCUT2D eigenvalue weighted by Gasteiger charge is -2.31. The van der Waals surface area contributed by atoms with Crippen molar-refractivity contribution in [2.45, 2.75) is 39.3 Å². The topological polar surface area (TPSA) is 104 Å². The average molecular weight is 321 g/mol. The molecule has 1 amide bonds. The number of carbonyl (C=O) groups excluding carboxylic acids is 1. The molecule has 7 heteroatoms. The van der Waals surface area contributed by atoms with Gasteiger partial charge in [0.05, 0.1) is 11.1 Å². The monoisotopic (exact) mass is 321 g/mol. The van der Waals surface area contributed by atoms with Crippen LogP contribution in [-0.2, 0) is 17.7 Å². The van der Waals surface area contributed by atoms with E-state index in [-0.39, 0.29) is 17.7 Å². The van der Waals surface area contributed by atoms with Crippen molar-refractivity contribution < 1.29 is 29.3 Å². The third-order valence-electron chi connectivity index (χ3n) is 3.46. The number of ether oxygens (including phenoxy) is 1. The highest BCUT2D eigenvalue weighted by Gasteiger charge is 2.28. The Bertz CT molecular complexity index is 674. The van der Waals surface area contributed by atoms with E-state index in [4.69, 9.17) is 9.84 Å². The summed E-state index contributed by atoms with van der Waals surface area (Å²) < 4.78 is 5.31. The van der Waals surface area contributed by atoms with Gasteiger partial charge in [0.15, 0.2) is 0 Å². The fourth-order valence-corrected chi connectivity index (χ4v) is 2.45. The maximum atomic E-state index is 12.1. The van der Waals surface area contributed by atoms with Gasteiger partial charge in [-0.2, -0.15) is 0 Å². The summed E-state index contributed by atoms with van der Waals surface area (Å²) in [6.45, 7) is 5.90. The van der Waals surface area contributed by atoms with E-state index in [2.05, 4.69) is 0 Å². The number of carbonyl (C=O) groups is 3. The van der Waals surface area contributed by atoms with E-state index in [1.807, 2.05) is 0 Å². The second kappa shape index (κ2) is 5.91. The molecule has 1 aliphatic heterocycles. The quantitative estimate of drug-likeness (QED) is 0.866. The lowest BCUT2D eigenvalue weighted by molar-refractivity contribution is 0.0223. The minimum absolute atomic E-state index is 0.199. The molecule has 0 saturated heterocycles. The second-order valence-electron chi connectivity index (χ2n) is 6.43. The summed E-state index contributed by atoms with van der Waals surface area (Å²) in [5, 5.41) is 18.3. The number of hydrogen-bond acceptors (Lipinski definition) is 4. The van der Waals surface area contributed by atoms with Gasteiger partial charge in [0.25, 0.3) is 0 Å². The Hall–Kier alpha value is -2.57. The first kappa shape index (κ1) is 16.8. The summed E-state index contributed by atoms with van der Waals surface area (Å²) in [5.74, 6) is -2.58. The summed E-state index contributed by atoms with van der Waals surface area (Å²) in [6, 6.07) is 2.71. The molecule has 0 aliphatic carbocycles. The molecule has 1 aliphatic rings. The molecule has 1 heterocycles. The van der Waals surface area contributed by atoms with Crippen LogP contribution in [0.2, 0.25) is 0 Å². The molecule has 0 fully saturated rings. The number of rotatable bonds is 2. The second-order valence-corrected chi connectivity index (χ2v) is 6.43. The summed E-state index contributed by atoms with van der Waals surface area (Å²) in [4.78, 5) is 36.0. The van der Waals surface area contributed by atoms with Gasteiger partial charge in [0.1, 0.15) is 5.60 Å². The predicted molar refractivity (Wildman–Crippen MR) is 80.7 cm³/mol. The van der Waals surface area contributed by atoms with Gasteiger partial charge in [-0.25, -0.2) is 14.4 Å². The highest BCUT2D eigenvalue weighted by molar-refractivity contribution is 6.02.